The van der Waals surface area contributed by atoms with Crippen molar-refractivity contribution >= 4 is 17.4 Å². The molecule has 0 N–H and O–H groups in total. The van der Waals surface area contributed by atoms with Gasteiger partial charge in [-0.3, -0.25) is 4.99 Å². The summed E-state index contributed by atoms with van der Waals surface area (Å²) in [6.07, 6.45) is 6.69. The summed E-state index contributed by atoms with van der Waals surface area (Å²) in [4.78, 5) is 4.57. The molecule has 0 aliphatic carbocycles. The third kappa shape index (κ3) is 6.25. The van der Waals surface area contributed by atoms with E-state index in [1.165, 1.54) is 0 Å². The zero-order chi connectivity index (χ0) is 21.8. The van der Waals surface area contributed by atoms with Gasteiger partial charge < -0.3 is 14.2 Å². The summed E-state index contributed by atoms with van der Waals surface area (Å²) in [7, 11) is 4.82. The molecule has 0 amide bonds. The van der Waals surface area contributed by atoms with Crippen LogP contribution in [0.15, 0.2) is 60.1 Å². The summed E-state index contributed by atoms with van der Waals surface area (Å²) in [5, 5.41) is 9.83. The van der Waals surface area contributed by atoms with Crippen LogP contribution in [0.25, 0.3) is 11.6 Å². The molecule has 2 aromatic rings. The van der Waals surface area contributed by atoms with Crippen LogP contribution in [0.2, 0.25) is 0 Å². The van der Waals surface area contributed by atoms with Crippen LogP contribution in [0.3, 0.4) is 0 Å². The standard InChI is InChI=1S/C25H28N2O3/c1-5-6-7-8-15-27-23(18-26)22(16-19-9-12-21(28-2)13-10-19)20-11-14-24(29-3)25(17-20)30-4/h5,9-14,16-17H,1,6-8,15H2,2-4H3. The third-order valence-corrected chi connectivity index (χ3v) is 4.57. The summed E-state index contributed by atoms with van der Waals surface area (Å²) in [5.74, 6) is 2.00. The molecule has 0 bridgehead atoms. The van der Waals surface area contributed by atoms with Gasteiger partial charge in [0, 0.05) is 12.1 Å². The minimum Gasteiger partial charge on any atom is -0.497 e. The molecule has 2 aromatic carbocycles. The molecule has 2 rings (SSSR count). The van der Waals surface area contributed by atoms with Crippen LogP contribution < -0.4 is 14.2 Å². The van der Waals surface area contributed by atoms with E-state index in [-0.39, 0.29) is 0 Å². The summed E-state index contributed by atoms with van der Waals surface area (Å²) in [5.41, 5.74) is 2.88. The topological polar surface area (TPSA) is 63.8 Å². The van der Waals surface area contributed by atoms with Gasteiger partial charge in [0.25, 0.3) is 0 Å². The van der Waals surface area contributed by atoms with Gasteiger partial charge in [0.05, 0.1) is 21.3 Å². The molecule has 30 heavy (non-hydrogen) atoms. The van der Waals surface area contributed by atoms with Gasteiger partial charge in [-0.1, -0.05) is 24.3 Å². The average molecular weight is 405 g/mol. The molecule has 0 aliphatic rings. The summed E-state index contributed by atoms with van der Waals surface area (Å²) >= 11 is 0. The monoisotopic (exact) mass is 404 g/mol. The first-order valence-corrected chi connectivity index (χ1v) is 9.80. The Labute approximate surface area is 178 Å². The SMILES string of the molecule is C=CCCCCN=C(C#N)C(=Cc1ccc(OC)cc1)c1ccc(OC)c(OC)c1. The first-order chi connectivity index (χ1) is 14.7. The summed E-state index contributed by atoms with van der Waals surface area (Å²) < 4.78 is 16.0. The number of nitriles is 1. The third-order valence-electron chi connectivity index (χ3n) is 4.57. The Hall–Kier alpha value is -3.52. The molecule has 0 radical (unpaired) electrons. The van der Waals surface area contributed by atoms with Crippen molar-refractivity contribution in [2.24, 2.45) is 4.99 Å². The number of methoxy groups -OCH3 is 3. The van der Waals surface area contributed by atoms with Crippen molar-refractivity contribution < 1.29 is 14.2 Å². The van der Waals surface area contributed by atoms with Gasteiger partial charge in [-0.05, 0) is 60.7 Å². The number of unbranched alkanes of at least 4 members (excludes halogenated alkanes) is 2. The van der Waals surface area contributed by atoms with Crippen LogP contribution in [0.4, 0.5) is 0 Å². The van der Waals surface area contributed by atoms with Crippen LogP contribution in [-0.4, -0.2) is 33.6 Å². The van der Waals surface area contributed by atoms with Crippen LogP contribution in [0, 0.1) is 11.3 Å². The van der Waals surface area contributed by atoms with E-state index in [4.69, 9.17) is 14.2 Å². The normalized spacial score (nSPS) is 11.5. The van der Waals surface area contributed by atoms with Gasteiger partial charge >= 0.3 is 0 Å². The van der Waals surface area contributed by atoms with E-state index in [0.29, 0.717) is 23.8 Å². The Bertz CT molecular complexity index is 938. The van der Waals surface area contributed by atoms with Crippen molar-refractivity contribution in [2.45, 2.75) is 19.3 Å². The van der Waals surface area contributed by atoms with Crippen molar-refractivity contribution in [3.63, 3.8) is 0 Å². The maximum atomic E-state index is 9.83. The lowest BCUT2D eigenvalue weighted by molar-refractivity contribution is 0.355. The second kappa shape index (κ2) is 12.1. The molecular weight excluding hydrogens is 376 g/mol. The van der Waals surface area contributed by atoms with E-state index in [9.17, 15) is 5.26 Å². The first kappa shape index (κ1) is 22.8. The van der Waals surface area contributed by atoms with Crippen molar-refractivity contribution in [1.29, 1.82) is 5.26 Å². The Morgan fingerprint density at radius 3 is 2.33 bits per heavy atom. The molecule has 0 fully saturated rings. The zero-order valence-electron chi connectivity index (χ0n) is 17.9. The van der Waals surface area contributed by atoms with Crippen LogP contribution in [0.5, 0.6) is 17.2 Å². The number of rotatable bonds is 11. The molecule has 0 atom stereocenters. The van der Waals surface area contributed by atoms with Crippen molar-refractivity contribution in [1.82, 2.24) is 0 Å². The molecule has 0 aromatic heterocycles. The number of ether oxygens (including phenoxy) is 3. The molecule has 5 heteroatoms. The van der Waals surface area contributed by atoms with Crippen molar-refractivity contribution in [3.8, 4) is 23.3 Å². The highest BCUT2D eigenvalue weighted by atomic mass is 16.5. The fourth-order valence-corrected chi connectivity index (χ4v) is 2.93. The van der Waals surface area contributed by atoms with Gasteiger partial charge in [0.15, 0.2) is 11.5 Å². The molecule has 0 saturated heterocycles. The number of allylic oxidation sites excluding steroid dienone is 2. The highest BCUT2D eigenvalue weighted by molar-refractivity contribution is 6.34. The van der Waals surface area contributed by atoms with E-state index in [2.05, 4.69) is 17.6 Å². The molecular formula is C25H28N2O3. The first-order valence-electron chi connectivity index (χ1n) is 9.80. The minimum absolute atomic E-state index is 0.386. The largest absolute Gasteiger partial charge is 0.497 e. The highest BCUT2D eigenvalue weighted by Crippen LogP contribution is 2.32. The number of nitrogens with zero attached hydrogens (tertiary/aromatic N) is 2. The second-order valence-corrected chi connectivity index (χ2v) is 6.53. The van der Waals surface area contributed by atoms with E-state index < -0.39 is 0 Å². The average Bonchev–Trinajstić information content (AvgIpc) is 2.80. The number of benzene rings is 2. The fourth-order valence-electron chi connectivity index (χ4n) is 2.93. The van der Waals surface area contributed by atoms with Gasteiger partial charge in [-0.2, -0.15) is 5.26 Å². The highest BCUT2D eigenvalue weighted by Gasteiger charge is 2.13. The molecule has 0 spiro atoms. The second-order valence-electron chi connectivity index (χ2n) is 6.53. The summed E-state index contributed by atoms with van der Waals surface area (Å²) in [6.45, 7) is 4.33. The predicted molar refractivity (Wildman–Crippen MR) is 122 cm³/mol. The lowest BCUT2D eigenvalue weighted by Gasteiger charge is -2.12. The Kier molecular flexibility index (Phi) is 9.20. The van der Waals surface area contributed by atoms with E-state index >= 15 is 0 Å². The van der Waals surface area contributed by atoms with Crippen molar-refractivity contribution in [2.75, 3.05) is 27.9 Å². The van der Waals surface area contributed by atoms with E-state index in [0.717, 1.165) is 41.7 Å². The Morgan fingerprint density at radius 1 is 1.00 bits per heavy atom. The Morgan fingerprint density at radius 2 is 1.73 bits per heavy atom. The molecule has 5 nitrogen and oxygen atoms in total. The van der Waals surface area contributed by atoms with E-state index in [1.807, 2.05) is 54.6 Å². The minimum atomic E-state index is 0.386. The maximum absolute atomic E-state index is 9.83. The van der Waals surface area contributed by atoms with E-state index in [1.54, 1.807) is 21.3 Å². The molecule has 0 saturated carbocycles. The predicted octanol–water partition coefficient (Wildman–Crippen LogP) is 5.57. The van der Waals surface area contributed by atoms with Gasteiger partial charge in [-0.25, -0.2) is 0 Å². The number of aliphatic imine (C=N–C) groups is 1. The Balaban J connectivity index is 2.48. The lowest BCUT2D eigenvalue weighted by atomic mass is 9.98. The number of hydrogen-bond donors (Lipinski definition) is 0. The molecule has 0 heterocycles. The fraction of sp³-hybridized carbons (Fsp3) is 0.280. The van der Waals surface area contributed by atoms with Crippen LogP contribution in [0.1, 0.15) is 30.4 Å². The molecule has 156 valence electrons. The lowest BCUT2D eigenvalue weighted by Crippen LogP contribution is -2.02. The van der Waals surface area contributed by atoms with Crippen LogP contribution >= 0.6 is 0 Å². The quantitative estimate of drug-likeness (QED) is 0.212. The van der Waals surface area contributed by atoms with Gasteiger partial charge in [-0.15, -0.1) is 6.58 Å². The molecule has 0 unspecified atom stereocenters. The van der Waals surface area contributed by atoms with Gasteiger partial charge in [0.2, 0.25) is 0 Å². The summed E-state index contributed by atoms with van der Waals surface area (Å²) in [6, 6.07) is 15.5. The van der Waals surface area contributed by atoms with Crippen LogP contribution in [-0.2, 0) is 0 Å². The number of hydrogen-bond acceptors (Lipinski definition) is 5. The molecule has 0 aliphatic heterocycles. The van der Waals surface area contributed by atoms with Crippen molar-refractivity contribution in [3.05, 3.63) is 66.2 Å². The van der Waals surface area contributed by atoms with Gasteiger partial charge in [0.1, 0.15) is 17.5 Å². The maximum Gasteiger partial charge on any atom is 0.161 e. The smallest absolute Gasteiger partial charge is 0.161 e. The zero-order valence-corrected chi connectivity index (χ0v) is 17.9.